The summed E-state index contributed by atoms with van der Waals surface area (Å²) in [4.78, 5) is 0. The van der Waals surface area contributed by atoms with Crippen LogP contribution in [-0.4, -0.2) is 5.11 Å². The molecule has 0 fully saturated rings. The Hall–Kier alpha value is -1.36. The molecule has 3 aromatic rings. The molecule has 1 unspecified atom stereocenters. The number of fused-ring (bicyclic) bond motifs is 1. The lowest BCUT2D eigenvalue weighted by Crippen LogP contribution is -1.99. The summed E-state index contributed by atoms with van der Waals surface area (Å²) in [5, 5.41) is 11.5. The van der Waals surface area contributed by atoms with E-state index in [1.54, 1.807) is 36.4 Å². The lowest BCUT2D eigenvalue weighted by molar-refractivity contribution is 0.191. The number of aliphatic hydroxyl groups excluding tert-OH is 1. The number of aliphatic hydroxyl groups is 1. The minimum atomic E-state index is -1.02. The minimum Gasteiger partial charge on any atom is -0.455 e. The van der Waals surface area contributed by atoms with Gasteiger partial charge in [-0.1, -0.05) is 39.7 Å². The van der Waals surface area contributed by atoms with Gasteiger partial charge >= 0.3 is 0 Å². The fourth-order valence-corrected chi connectivity index (χ4v) is 2.70. The maximum absolute atomic E-state index is 13.6. The van der Waals surface area contributed by atoms with Crippen LogP contribution in [0.2, 0.25) is 5.02 Å². The fraction of sp³-hybridized carbons (Fsp3) is 0.0667. The lowest BCUT2D eigenvalue weighted by Gasteiger charge is -2.10. The maximum atomic E-state index is 13.6. The van der Waals surface area contributed by atoms with Crippen LogP contribution in [0.5, 0.6) is 0 Å². The van der Waals surface area contributed by atoms with E-state index in [4.69, 9.17) is 16.0 Å². The van der Waals surface area contributed by atoms with Crippen LogP contribution in [0, 0.1) is 5.82 Å². The molecule has 0 bridgehead atoms. The average molecular weight is 356 g/mol. The van der Waals surface area contributed by atoms with Gasteiger partial charge in [0.1, 0.15) is 11.9 Å². The highest BCUT2D eigenvalue weighted by atomic mass is 79.9. The molecular formula is C15H9BrClFO2. The normalized spacial score (nSPS) is 12.8. The molecule has 102 valence electrons. The summed E-state index contributed by atoms with van der Waals surface area (Å²) in [7, 11) is 0. The predicted molar refractivity (Wildman–Crippen MR) is 79.4 cm³/mol. The summed E-state index contributed by atoms with van der Waals surface area (Å²) in [6.45, 7) is 0. The number of halogens is 3. The van der Waals surface area contributed by atoms with E-state index in [2.05, 4.69) is 15.9 Å². The molecule has 0 saturated heterocycles. The van der Waals surface area contributed by atoms with Crippen molar-refractivity contribution in [1.29, 1.82) is 0 Å². The van der Waals surface area contributed by atoms with Gasteiger partial charge in [-0.05, 0) is 30.3 Å². The Morgan fingerprint density at radius 2 is 2.00 bits per heavy atom. The third-order valence-corrected chi connectivity index (χ3v) is 3.99. The Morgan fingerprint density at radius 3 is 2.75 bits per heavy atom. The number of para-hydroxylation sites is 1. The molecule has 0 aliphatic carbocycles. The highest BCUT2D eigenvalue weighted by Gasteiger charge is 2.19. The molecule has 1 atom stereocenters. The molecule has 1 aromatic heterocycles. The van der Waals surface area contributed by atoms with Gasteiger partial charge in [-0.15, -0.1) is 0 Å². The largest absolute Gasteiger partial charge is 0.455 e. The molecule has 1 N–H and O–H groups in total. The van der Waals surface area contributed by atoms with Crippen LogP contribution >= 0.6 is 27.5 Å². The van der Waals surface area contributed by atoms with Gasteiger partial charge in [0.15, 0.2) is 11.4 Å². The van der Waals surface area contributed by atoms with Crippen molar-refractivity contribution in [1.82, 2.24) is 0 Å². The molecule has 3 rings (SSSR count). The van der Waals surface area contributed by atoms with Crippen molar-refractivity contribution in [2.45, 2.75) is 6.10 Å². The zero-order chi connectivity index (χ0) is 14.3. The molecule has 0 radical (unpaired) electrons. The van der Waals surface area contributed by atoms with Crippen LogP contribution in [0.1, 0.15) is 17.4 Å². The van der Waals surface area contributed by atoms with Gasteiger partial charge in [0.2, 0.25) is 0 Å². The first-order chi connectivity index (χ1) is 9.56. The van der Waals surface area contributed by atoms with Gasteiger partial charge in [-0.2, -0.15) is 0 Å². The molecule has 0 amide bonds. The summed E-state index contributed by atoms with van der Waals surface area (Å²) < 4.78 is 19.7. The molecule has 20 heavy (non-hydrogen) atoms. The number of furan rings is 1. The molecule has 1 heterocycles. The number of hydrogen-bond donors (Lipinski definition) is 1. The Kier molecular flexibility index (Phi) is 3.54. The van der Waals surface area contributed by atoms with Crippen LogP contribution < -0.4 is 0 Å². The van der Waals surface area contributed by atoms with Crippen molar-refractivity contribution in [2.75, 3.05) is 0 Å². The van der Waals surface area contributed by atoms with Crippen molar-refractivity contribution in [2.24, 2.45) is 0 Å². The Bertz CT molecular complexity index is 785. The van der Waals surface area contributed by atoms with Crippen LogP contribution in [0.25, 0.3) is 11.0 Å². The Balaban J connectivity index is 2.10. The topological polar surface area (TPSA) is 33.4 Å². The van der Waals surface area contributed by atoms with E-state index in [-0.39, 0.29) is 11.3 Å². The standard InChI is InChI=1S/C15H9BrClFO2/c16-11-5-4-9(17)7-10(11)14(19)13-6-8-2-1-3-12(18)15(8)20-13/h1-7,14,19H. The zero-order valence-corrected chi connectivity index (χ0v) is 12.5. The van der Waals surface area contributed by atoms with E-state index in [0.29, 0.717) is 20.4 Å². The van der Waals surface area contributed by atoms with Crippen molar-refractivity contribution in [3.8, 4) is 0 Å². The third kappa shape index (κ3) is 2.35. The maximum Gasteiger partial charge on any atom is 0.170 e. The van der Waals surface area contributed by atoms with Gasteiger partial charge in [-0.25, -0.2) is 4.39 Å². The van der Waals surface area contributed by atoms with Gasteiger partial charge in [0.05, 0.1) is 0 Å². The number of rotatable bonds is 2. The summed E-state index contributed by atoms with van der Waals surface area (Å²) in [5.41, 5.74) is 0.705. The van der Waals surface area contributed by atoms with Crippen LogP contribution in [0.15, 0.2) is 51.4 Å². The summed E-state index contributed by atoms with van der Waals surface area (Å²) in [6.07, 6.45) is -1.02. The summed E-state index contributed by atoms with van der Waals surface area (Å²) in [6, 6.07) is 11.3. The third-order valence-electron chi connectivity index (χ3n) is 3.04. The van der Waals surface area contributed by atoms with E-state index in [0.717, 1.165) is 0 Å². The van der Waals surface area contributed by atoms with Crippen LogP contribution in [0.4, 0.5) is 4.39 Å². The summed E-state index contributed by atoms with van der Waals surface area (Å²) in [5.74, 6) is -0.181. The lowest BCUT2D eigenvalue weighted by atomic mass is 10.1. The fourth-order valence-electron chi connectivity index (χ4n) is 2.06. The molecule has 2 aromatic carbocycles. The van der Waals surface area contributed by atoms with E-state index in [1.807, 2.05) is 0 Å². The molecule has 0 aliphatic heterocycles. The molecule has 0 saturated carbocycles. The molecule has 0 spiro atoms. The number of benzene rings is 2. The monoisotopic (exact) mass is 354 g/mol. The predicted octanol–water partition coefficient (Wildman–Crippen LogP) is 5.07. The van der Waals surface area contributed by atoms with Crippen LogP contribution in [-0.2, 0) is 0 Å². The number of hydrogen-bond acceptors (Lipinski definition) is 2. The van der Waals surface area contributed by atoms with E-state index < -0.39 is 11.9 Å². The van der Waals surface area contributed by atoms with Crippen LogP contribution in [0.3, 0.4) is 0 Å². The Morgan fingerprint density at radius 1 is 1.20 bits per heavy atom. The minimum absolute atomic E-state index is 0.139. The van der Waals surface area contributed by atoms with E-state index >= 15 is 0 Å². The second-order valence-electron chi connectivity index (χ2n) is 4.38. The van der Waals surface area contributed by atoms with Gasteiger partial charge in [0, 0.05) is 20.4 Å². The SMILES string of the molecule is OC(c1cc2cccc(F)c2o1)c1cc(Cl)ccc1Br. The molecule has 2 nitrogen and oxygen atoms in total. The van der Waals surface area contributed by atoms with Crippen molar-refractivity contribution in [3.63, 3.8) is 0 Å². The van der Waals surface area contributed by atoms with Gasteiger partial charge < -0.3 is 9.52 Å². The van der Waals surface area contributed by atoms with Gasteiger partial charge in [-0.3, -0.25) is 0 Å². The summed E-state index contributed by atoms with van der Waals surface area (Å²) >= 11 is 9.28. The van der Waals surface area contributed by atoms with Crippen molar-refractivity contribution in [3.05, 3.63) is 69.1 Å². The van der Waals surface area contributed by atoms with E-state index in [9.17, 15) is 9.50 Å². The van der Waals surface area contributed by atoms with Gasteiger partial charge in [0.25, 0.3) is 0 Å². The van der Waals surface area contributed by atoms with Crippen molar-refractivity contribution < 1.29 is 13.9 Å². The first kappa shape index (κ1) is 13.6. The van der Waals surface area contributed by atoms with E-state index in [1.165, 1.54) is 6.07 Å². The zero-order valence-electron chi connectivity index (χ0n) is 10.1. The van der Waals surface area contributed by atoms with Crippen molar-refractivity contribution >= 4 is 38.5 Å². The second kappa shape index (κ2) is 5.20. The first-order valence-corrected chi connectivity index (χ1v) is 7.04. The molecular weight excluding hydrogens is 347 g/mol. The molecule has 0 aliphatic rings. The first-order valence-electron chi connectivity index (χ1n) is 5.87. The smallest absolute Gasteiger partial charge is 0.170 e. The highest BCUT2D eigenvalue weighted by Crippen LogP contribution is 2.34. The quantitative estimate of drug-likeness (QED) is 0.696. The molecule has 5 heteroatoms. The highest BCUT2D eigenvalue weighted by molar-refractivity contribution is 9.10. The average Bonchev–Trinajstić information content (AvgIpc) is 2.86. The Labute approximate surface area is 127 Å². The second-order valence-corrected chi connectivity index (χ2v) is 5.67.